The minimum absolute atomic E-state index is 0.0464. The molecule has 0 radical (unpaired) electrons. The second-order valence-corrected chi connectivity index (χ2v) is 15.7. The lowest BCUT2D eigenvalue weighted by molar-refractivity contribution is -0.290. The van der Waals surface area contributed by atoms with E-state index in [0.29, 0.717) is 36.5 Å². The summed E-state index contributed by atoms with van der Waals surface area (Å²) in [6.45, 7) is 7.50. The summed E-state index contributed by atoms with van der Waals surface area (Å²) in [5.74, 6) is 0.398. The van der Waals surface area contributed by atoms with Gasteiger partial charge in [0.25, 0.3) is 0 Å². The summed E-state index contributed by atoms with van der Waals surface area (Å²) in [6, 6.07) is -0.974. The molecule has 0 aromatic heterocycles. The fraction of sp³-hybridized carbons (Fsp3) is 0.912. The van der Waals surface area contributed by atoms with Crippen LogP contribution in [0.15, 0.2) is 0 Å². The molecule has 0 aromatic rings. The van der Waals surface area contributed by atoms with Crippen molar-refractivity contribution in [1.29, 1.82) is 0 Å². The number of carbonyl (C=O) groups is 3. The van der Waals surface area contributed by atoms with Gasteiger partial charge in [-0.3, -0.25) is 14.4 Å². The third kappa shape index (κ3) is 6.72. The Morgan fingerprint density at radius 1 is 0.978 bits per heavy atom. The molecule has 1 saturated heterocycles. The van der Waals surface area contributed by atoms with Gasteiger partial charge in [0.2, 0.25) is 11.8 Å². The Balaban J connectivity index is 1.23. The van der Waals surface area contributed by atoms with Crippen molar-refractivity contribution in [3.63, 3.8) is 0 Å². The van der Waals surface area contributed by atoms with Crippen LogP contribution in [0.25, 0.3) is 0 Å². The highest BCUT2D eigenvalue weighted by molar-refractivity contribution is 5.81. The van der Waals surface area contributed by atoms with E-state index in [0.717, 1.165) is 51.4 Å². The average molecular weight is 653 g/mol. The SMILES string of the molecule is CC(=O)N[C@H]1[C@H](O[C@@H]2CC[C@@]3(C)[C@@H](C2)C[C@@H](O)[C@@H]2[C@@H]3CC[C@]3(C)[C@@H]([C@H](C)CCC(=O)NCC(=O)O)CC[C@@H]23)O[C@H](CO)[C@@H](O)[C@@H]1O. The van der Waals surface area contributed by atoms with Gasteiger partial charge in [-0.2, -0.15) is 0 Å². The zero-order valence-corrected chi connectivity index (χ0v) is 27.8. The molecule has 4 saturated carbocycles. The van der Waals surface area contributed by atoms with Crippen molar-refractivity contribution < 1.29 is 49.4 Å². The Bertz CT molecular complexity index is 1120. The summed E-state index contributed by atoms with van der Waals surface area (Å²) in [7, 11) is 0. The number of fused-ring (bicyclic) bond motifs is 5. The molecule has 46 heavy (non-hydrogen) atoms. The number of carboxylic acid groups (broad SMARTS) is 1. The summed E-state index contributed by atoms with van der Waals surface area (Å²) in [5.41, 5.74) is 0.138. The molecule has 12 heteroatoms. The largest absolute Gasteiger partial charge is 0.480 e. The fourth-order valence-corrected chi connectivity index (χ4v) is 10.9. The number of aliphatic hydroxyl groups excluding tert-OH is 4. The van der Waals surface area contributed by atoms with Crippen LogP contribution in [0.3, 0.4) is 0 Å². The molecule has 5 fully saturated rings. The number of amides is 2. The van der Waals surface area contributed by atoms with E-state index in [1.807, 2.05) is 0 Å². The van der Waals surface area contributed by atoms with Crippen molar-refractivity contribution in [3.8, 4) is 0 Å². The minimum atomic E-state index is -1.36. The van der Waals surface area contributed by atoms with E-state index in [-0.39, 0.29) is 47.1 Å². The summed E-state index contributed by atoms with van der Waals surface area (Å²) < 4.78 is 12.2. The smallest absolute Gasteiger partial charge is 0.322 e. The number of aliphatic hydroxyl groups is 4. The van der Waals surface area contributed by atoms with Crippen LogP contribution in [-0.2, 0) is 23.9 Å². The molecule has 0 bridgehead atoms. The molecule has 0 unspecified atom stereocenters. The number of carboxylic acids is 1. The molecule has 7 N–H and O–H groups in total. The predicted molar refractivity (Wildman–Crippen MR) is 166 cm³/mol. The third-order valence-corrected chi connectivity index (χ3v) is 13.2. The molecule has 4 aliphatic carbocycles. The maximum absolute atomic E-state index is 12.2. The molecule has 5 aliphatic rings. The second kappa shape index (κ2) is 14.0. The van der Waals surface area contributed by atoms with E-state index in [4.69, 9.17) is 14.6 Å². The van der Waals surface area contributed by atoms with Crippen LogP contribution < -0.4 is 10.6 Å². The molecular weight excluding hydrogens is 596 g/mol. The minimum Gasteiger partial charge on any atom is -0.480 e. The highest BCUT2D eigenvalue weighted by Crippen LogP contribution is 2.68. The van der Waals surface area contributed by atoms with Crippen molar-refractivity contribution in [1.82, 2.24) is 10.6 Å². The standard InChI is InChI=1S/C34H56N2O10/c1-17(5-8-26(40)35-15-27(41)42)21-6-7-22-28-23(10-12-34(21,22)4)33(3)11-9-20(13-19(33)14-24(28)39)45-32-29(36-18(2)38)31(44)30(43)25(16-37)46-32/h17,19-25,28-32,37,39,43-44H,5-16H2,1-4H3,(H,35,40)(H,36,38)(H,41,42)/t17-,19+,20-,21-,22+,23+,24-,25-,28+,29-,30-,31-,32-,33+,34-/m1/s1. The van der Waals surface area contributed by atoms with Crippen molar-refractivity contribution in [2.75, 3.05) is 13.2 Å². The summed E-state index contributed by atoms with van der Waals surface area (Å²) in [5, 5.41) is 56.6. The van der Waals surface area contributed by atoms with Crippen LogP contribution in [-0.4, -0.2) is 99.3 Å². The van der Waals surface area contributed by atoms with Crippen LogP contribution in [0.2, 0.25) is 0 Å². The highest BCUT2D eigenvalue weighted by Gasteiger charge is 2.63. The monoisotopic (exact) mass is 652 g/mol. The molecule has 2 amide bonds. The van der Waals surface area contributed by atoms with E-state index < -0.39 is 49.3 Å². The van der Waals surface area contributed by atoms with Gasteiger partial charge in [-0.15, -0.1) is 0 Å². The highest BCUT2D eigenvalue weighted by atomic mass is 16.7. The molecular formula is C34H56N2O10. The first-order valence-electron chi connectivity index (χ1n) is 17.4. The van der Waals surface area contributed by atoms with Gasteiger partial charge in [-0.25, -0.2) is 0 Å². The van der Waals surface area contributed by atoms with Gasteiger partial charge in [0.15, 0.2) is 6.29 Å². The van der Waals surface area contributed by atoms with Crippen LogP contribution in [0.4, 0.5) is 0 Å². The van der Waals surface area contributed by atoms with Crippen molar-refractivity contribution >= 4 is 17.8 Å². The topological polar surface area (TPSA) is 195 Å². The van der Waals surface area contributed by atoms with E-state index >= 15 is 0 Å². The van der Waals surface area contributed by atoms with Gasteiger partial charge in [0.1, 0.15) is 30.9 Å². The predicted octanol–water partition coefficient (Wildman–Crippen LogP) is 1.56. The van der Waals surface area contributed by atoms with Crippen LogP contribution in [0.5, 0.6) is 0 Å². The van der Waals surface area contributed by atoms with Gasteiger partial charge < -0.3 is 45.6 Å². The Hall–Kier alpha value is -1.83. The Labute approximate surface area is 272 Å². The lowest BCUT2D eigenvalue weighted by atomic mass is 9.43. The molecule has 262 valence electrons. The Kier molecular flexibility index (Phi) is 10.8. The zero-order chi connectivity index (χ0) is 33.6. The number of ether oxygens (including phenoxy) is 2. The van der Waals surface area contributed by atoms with Crippen LogP contribution >= 0.6 is 0 Å². The average Bonchev–Trinajstić information content (AvgIpc) is 3.36. The molecule has 15 atom stereocenters. The van der Waals surface area contributed by atoms with E-state index in [2.05, 4.69) is 31.4 Å². The maximum Gasteiger partial charge on any atom is 0.322 e. The molecule has 1 heterocycles. The van der Waals surface area contributed by atoms with Gasteiger partial charge in [0, 0.05) is 13.3 Å². The number of rotatable bonds is 10. The normalized spacial score (nSPS) is 45.9. The summed E-state index contributed by atoms with van der Waals surface area (Å²) in [6.07, 6.45) is 3.04. The van der Waals surface area contributed by atoms with Crippen LogP contribution in [0.1, 0.15) is 91.9 Å². The van der Waals surface area contributed by atoms with Gasteiger partial charge in [-0.05, 0) is 104 Å². The first kappa shape index (κ1) is 35.5. The van der Waals surface area contributed by atoms with Gasteiger partial charge in [-0.1, -0.05) is 20.8 Å². The van der Waals surface area contributed by atoms with Gasteiger partial charge in [0.05, 0.1) is 18.8 Å². The number of aliphatic carboxylic acids is 1. The first-order chi connectivity index (χ1) is 21.7. The first-order valence-corrected chi connectivity index (χ1v) is 17.4. The van der Waals surface area contributed by atoms with E-state index in [1.165, 1.54) is 6.92 Å². The summed E-state index contributed by atoms with van der Waals surface area (Å²) >= 11 is 0. The fourth-order valence-electron chi connectivity index (χ4n) is 10.9. The number of hydrogen-bond acceptors (Lipinski definition) is 9. The third-order valence-electron chi connectivity index (χ3n) is 13.2. The maximum atomic E-state index is 12.2. The number of carbonyl (C=O) groups excluding carboxylic acids is 2. The number of hydrogen-bond donors (Lipinski definition) is 7. The second-order valence-electron chi connectivity index (χ2n) is 15.7. The summed E-state index contributed by atoms with van der Waals surface area (Å²) in [4.78, 5) is 34.9. The lowest BCUT2D eigenvalue weighted by Gasteiger charge is -2.62. The zero-order valence-electron chi connectivity index (χ0n) is 27.8. The Morgan fingerprint density at radius 2 is 1.67 bits per heavy atom. The molecule has 1 aliphatic heterocycles. The van der Waals surface area contributed by atoms with Gasteiger partial charge >= 0.3 is 5.97 Å². The van der Waals surface area contributed by atoms with Crippen molar-refractivity contribution in [2.24, 2.45) is 46.3 Å². The van der Waals surface area contributed by atoms with Crippen molar-refractivity contribution in [3.05, 3.63) is 0 Å². The molecule has 5 rings (SSSR count). The quantitative estimate of drug-likeness (QED) is 0.170. The Morgan fingerprint density at radius 3 is 2.35 bits per heavy atom. The molecule has 12 nitrogen and oxygen atoms in total. The van der Waals surface area contributed by atoms with E-state index in [1.54, 1.807) is 0 Å². The van der Waals surface area contributed by atoms with Crippen molar-refractivity contribution in [2.45, 2.75) is 135 Å². The lowest BCUT2D eigenvalue weighted by Crippen LogP contribution is -2.65. The van der Waals surface area contributed by atoms with Crippen LogP contribution in [0, 0.1) is 46.3 Å². The van der Waals surface area contributed by atoms with E-state index in [9.17, 15) is 34.8 Å². The molecule has 0 spiro atoms. The molecule has 0 aromatic carbocycles. The number of nitrogens with one attached hydrogen (secondary N) is 2.